The molecule has 0 aliphatic heterocycles. The van der Waals surface area contributed by atoms with Gasteiger partial charge >= 0.3 is 0 Å². The van der Waals surface area contributed by atoms with Crippen molar-refractivity contribution >= 4 is 34.2 Å². The number of benzene rings is 1. The zero-order valence-corrected chi connectivity index (χ0v) is 15.1. The van der Waals surface area contributed by atoms with Crippen molar-refractivity contribution in [3.05, 3.63) is 35.9 Å². The van der Waals surface area contributed by atoms with E-state index in [-0.39, 0.29) is 11.9 Å². The molecular formula is C18H22N4OS. The monoisotopic (exact) mass is 342 g/mol. The van der Waals surface area contributed by atoms with E-state index in [1.54, 1.807) is 0 Å². The van der Waals surface area contributed by atoms with Crippen molar-refractivity contribution < 1.29 is 4.79 Å². The summed E-state index contributed by atoms with van der Waals surface area (Å²) in [5, 5.41) is 13.5. The summed E-state index contributed by atoms with van der Waals surface area (Å²) in [6.07, 6.45) is 1.90. The molecule has 126 valence electrons. The smallest absolute Gasteiger partial charge is 0.230 e. The van der Waals surface area contributed by atoms with Gasteiger partial charge in [-0.2, -0.15) is 0 Å². The summed E-state index contributed by atoms with van der Waals surface area (Å²) in [6.45, 7) is 6.25. The topological polar surface area (TPSA) is 59.3 Å². The van der Waals surface area contributed by atoms with Crippen molar-refractivity contribution in [2.24, 2.45) is 0 Å². The van der Waals surface area contributed by atoms with Crippen molar-refractivity contribution in [2.45, 2.75) is 44.8 Å². The Morgan fingerprint density at radius 2 is 2.00 bits per heavy atom. The lowest BCUT2D eigenvalue weighted by molar-refractivity contribution is -0.119. The second-order valence-corrected chi connectivity index (χ2v) is 6.83. The third kappa shape index (κ3) is 3.24. The Bertz CT molecular complexity index is 870. The zero-order chi connectivity index (χ0) is 17.1. The Morgan fingerprint density at radius 1 is 1.25 bits per heavy atom. The van der Waals surface area contributed by atoms with Gasteiger partial charge in [-0.15, -0.1) is 10.2 Å². The molecule has 0 aliphatic rings. The number of pyridine rings is 1. The quantitative estimate of drug-likeness (QED) is 0.696. The molecule has 0 atom stereocenters. The fraction of sp³-hybridized carbons (Fsp3) is 0.389. The van der Waals surface area contributed by atoms with Crippen LogP contribution in [0.15, 0.2) is 35.5 Å². The Balaban J connectivity index is 1.86. The predicted octanol–water partition coefficient (Wildman–Crippen LogP) is 3.59. The number of amides is 1. The van der Waals surface area contributed by atoms with Crippen molar-refractivity contribution in [1.82, 2.24) is 19.9 Å². The minimum Gasteiger partial charge on any atom is -0.353 e. The maximum Gasteiger partial charge on any atom is 0.230 e. The van der Waals surface area contributed by atoms with Gasteiger partial charge in [-0.05, 0) is 37.5 Å². The van der Waals surface area contributed by atoms with Crippen molar-refractivity contribution in [3.8, 4) is 0 Å². The maximum atomic E-state index is 12.1. The van der Waals surface area contributed by atoms with E-state index < -0.39 is 0 Å². The second-order valence-electron chi connectivity index (χ2n) is 5.89. The number of rotatable bonds is 6. The van der Waals surface area contributed by atoms with E-state index in [0.717, 1.165) is 29.2 Å². The minimum absolute atomic E-state index is 0.0434. The first kappa shape index (κ1) is 16.8. The molecule has 1 amide bonds. The molecule has 1 aromatic carbocycles. The van der Waals surface area contributed by atoms with Gasteiger partial charge in [0.05, 0.1) is 11.3 Å². The summed E-state index contributed by atoms with van der Waals surface area (Å²) in [4.78, 5) is 12.1. The summed E-state index contributed by atoms with van der Waals surface area (Å²) in [5.74, 6) is 0.390. The van der Waals surface area contributed by atoms with Gasteiger partial charge in [0.25, 0.3) is 0 Å². The standard InChI is InChI=1S/C18H22N4OS/c1-4-13(5-2)19-17(23)11-24-18-21-20-16-10-12(3)14-8-6-7-9-15(14)22(16)18/h6-10,13H,4-5,11H2,1-3H3,(H,19,23). The fourth-order valence-corrected chi connectivity index (χ4v) is 3.62. The molecule has 0 saturated carbocycles. The highest BCUT2D eigenvalue weighted by atomic mass is 32.2. The van der Waals surface area contributed by atoms with Crippen LogP contribution < -0.4 is 5.32 Å². The van der Waals surface area contributed by atoms with Crippen molar-refractivity contribution in [1.29, 1.82) is 0 Å². The van der Waals surface area contributed by atoms with Crippen LogP contribution in [0.1, 0.15) is 32.3 Å². The Kier molecular flexibility index (Phi) is 5.04. The highest BCUT2D eigenvalue weighted by Crippen LogP contribution is 2.25. The molecule has 0 bridgehead atoms. The number of thioether (sulfide) groups is 1. The average molecular weight is 342 g/mol. The maximum absolute atomic E-state index is 12.1. The Labute approximate surface area is 145 Å². The first-order valence-electron chi connectivity index (χ1n) is 8.29. The van der Waals surface area contributed by atoms with Crippen LogP contribution in [-0.4, -0.2) is 32.3 Å². The Hall–Kier alpha value is -2.08. The van der Waals surface area contributed by atoms with Gasteiger partial charge < -0.3 is 5.32 Å². The summed E-state index contributed by atoms with van der Waals surface area (Å²) in [5.41, 5.74) is 3.06. The molecular weight excluding hydrogens is 320 g/mol. The third-order valence-corrected chi connectivity index (χ3v) is 5.19. The molecule has 0 aliphatic carbocycles. The van der Waals surface area contributed by atoms with Crippen LogP contribution in [0.4, 0.5) is 0 Å². The van der Waals surface area contributed by atoms with E-state index in [0.29, 0.717) is 5.75 Å². The molecule has 24 heavy (non-hydrogen) atoms. The van der Waals surface area contributed by atoms with Crippen LogP contribution in [-0.2, 0) is 4.79 Å². The number of nitrogens with zero attached hydrogens (tertiary/aromatic N) is 3. The van der Waals surface area contributed by atoms with Crippen LogP contribution >= 0.6 is 11.8 Å². The number of carbonyl (C=O) groups is 1. The van der Waals surface area contributed by atoms with Crippen LogP contribution in [0.25, 0.3) is 16.6 Å². The van der Waals surface area contributed by atoms with Gasteiger partial charge in [0, 0.05) is 11.4 Å². The molecule has 6 heteroatoms. The molecule has 0 spiro atoms. The SMILES string of the molecule is CCC(CC)NC(=O)CSc1nnc2cc(C)c3ccccc3n12. The van der Waals surface area contributed by atoms with Gasteiger partial charge in [0.1, 0.15) is 0 Å². The summed E-state index contributed by atoms with van der Waals surface area (Å²) in [7, 11) is 0. The highest BCUT2D eigenvalue weighted by Gasteiger charge is 2.14. The van der Waals surface area contributed by atoms with E-state index in [1.807, 2.05) is 22.6 Å². The highest BCUT2D eigenvalue weighted by molar-refractivity contribution is 7.99. The summed E-state index contributed by atoms with van der Waals surface area (Å²) < 4.78 is 2.03. The molecule has 1 N–H and O–H groups in total. The molecule has 0 radical (unpaired) electrons. The van der Waals surface area contributed by atoms with Crippen LogP contribution in [0.3, 0.4) is 0 Å². The number of hydrogen-bond donors (Lipinski definition) is 1. The number of hydrogen-bond acceptors (Lipinski definition) is 4. The van der Waals surface area contributed by atoms with E-state index in [2.05, 4.69) is 48.4 Å². The van der Waals surface area contributed by atoms with E-state index >= 15 is 0 Å². The van der Waals surface area contributed by atoms with Crippen molar-refractivity contribution in [2.75, 3.05) is 5.75 Å². The minimum atomic E-state index is 0.0434. The Morgan fingerprint density at radius 3 is 2.75 bits per heavy atom. The molecule has 5 nitrogen and oxygen atoms in total. The zero-order valence-electron chi connectivity index (χ0n) is 14.2. The van der Waals surface area contributed by atoms with E-state index in [1.165, 1.54) is 22.7 Å². The number of aromatic nitrogens is 3. The molecule has 0 fully saturated rings. The number of fused-ring (bicyclic) bond motifs is 3. The number of para-hydroxylation sites is 1. The summed E-state index contributed by atoms with van der Waals surface area (Å²) in [6, 6.07) is 10.5. The lowest BCUT2D eigenvalue weighted by atomic mass is 10.1. The predicted molar refractivity (Wildman–Crippen MR) is 98.5 cm³/mol. The number of carbonyl (C=O) groups excluding carboxylic acids is 1. The molecule has 0 saturated heterocycles. The average Bonchev–Trinajstić information content (AvgIpc) is 3.01. The molecule has 2 heterocycles. The van der Waals surface area contributed by atoms with Crippen molar-refractivity contribution in [3.63, 3.8) is 0 Å². The number of nitrogens with one attached hydrogen (secondary N) is 1. The molecule has 2 aromatic heterocycles. The third-order valence-electron chi connectivity index (χ3n) is 4.26. The normalized spacial score (nSPS) is 11.5. The van der Waals surface area contributed by atoms with E-state index in [4.69, 9.17) is 0 Å². The van der Waals surface area contributed by atoms with Gasteiger partial charge in [-0.1, -0.05) is 43.8 Å². The van der Waals surface area contributed by atoms with Crippen LogP contribution in [0.5, 0.6) is 0 Å². The first-order chi connectivity index (χ1) is 11.6. The molecule has 3 rings (SSSR count). The molecule has 3 aromatic rings. The fourth-order valence-electron chi connectivity index (χ4n) is 2.86. The second kappa shape index (κ2) is 7.21. The molecule has 0 unspecified atom stereocenters. The van der Waals surface area contributed by atoms with Gasteiger partial charge in [0.15, 0.2) is 10.8 Å². The number of aryl methyl sites for hydroxylation is 1. The lowest BCUT2D eigenvalue weighted by Gasteiger charge is -2.14. The van der Waals surface area contributed by atoms with Crippen LogP contribution in [0, 0.1) is 6.92 Å². The lowest BCUT2D eigenvalue weighted by Crippen LogP contribution is -2.35. The van der Waals surface area contributed by atoms with Gasteiger partial charge in [0.2, 0.25) is 5.91 Å². The van der Waals surface area contributed by atoms with E-state index in [9.17, 15) is 4.79 Å². The van der Waals surface area contributed by atoms with Crippen LogP contribution in [0.2, 0.25) is 0 Å². The van der Waals surface area contributed by atoms with Gasteiger partial charge in [-0.25, -0.2) is 0 Å². The largest absolute Gasteiger partial charge is 0.353 e. The summed E-state index contributed by atoms with van der Waals surface area (Å²) >= 11 is 1.43. The first-order valence-corrected chi connectivity index (χ1v) is 9.28. The van der Waals surface area contributed by atoms with Gasteiger partial charge in [-0.3, -0.25) is 9.20 Å².